The molecule has 1 heterocycles. The highest BCUT2D eigenvalue weighted by Gasteiger charge is 2.24. The molecule has 1 fully saturated rings. The Morgan fingerprint density at radius 1 is 1.48 bits per heavy atom. The van der Waals surface area contributed by atoms with Gasteiger partial charge in [0.2, 0.25) is 5.91 Å². The van der Waals surface area contributed by atoms with E-state index in [-0.39, 0.29) is 23.5 Å². The highest BCUT2D eigenvalue weighted by Crippen LogP contribution is 2.25. The Balaban J connectivity index is 1.96. The Hall–Kier alpha value is -1.67. The van der Waals surface area contributed by atoms with Crippen LogP contribution in [0.25, 0.3) is 0 Å². The van der Waals surface area contributed by atoms with Crippen LogP contribution in [0.4, 0.5) is 10.1 Å². The fourth-order valence-electron chi connectivity index (χ4n) is 2.70. The molecule has 1 aliphatic heterocycles. The van der Waals surface area contributed by atoms with Crippen LogP contribution in [0.5, 0.6) is 0 Å². The van der Waals surface area contributed by atoms with Crippen LogP contribution in [0, 0.1) is 5.82 Å². The van der Waals surface area contributed by atoms with E-state index in [0.717, 1.165) is 37.5 Å². The van der Waals surface area contributed by atoms with Crippen molar-refractivity contribution in [2.75, 3.05) is 57.2 Å². The van der Waals surface area contributed by atoms with E-state index < -0.39 is 5.82 Å². The van der Waals surface area contributed by atoms with Gasteiger partial charge < -0.3 is 20.4 Å². The second-order valence-corrected chi connectivity index (χ2v) is 7.94. The van der Waals surface area contributed by atoms with Crippen molar-refractivity contribution < 1.29 is 9.18 Å². The van der Waals surface area contributed by atoms with Gasteiger partial charge in [-0.3, -0.25) is 4.79 Å². The third-order valence-corrected chi connectivity index (χ3v) is 5.17. The van der Waals surface area contributed by atoms with Gasteiger partial charge in [-0.25, -0.2) is 9.38 Å². The molecule has 0 aromatic heterocycles. The Labute approximate surface area is 169 Å². The number of halogens is 2. The van der Waals surface area contributed by atoms with E-state index in [1.807, 2.05) is 6.26 Å². The number of aliphatic imine (C=N–C) groups is 1. The molecule has 1 amide bonds. The number of hydrogen-bond acceptors (Lipinski definition) is 4. The molecule has 1 atom stereocenters. The number of anilines is 1. The first-order chi connectivity index (χ1) is 12.9. The number of nitrogens with one attached hydrogen (secondary N) is 2. The van der Waals surface area contributed by atoms with E-state index in [9.17, 15) is 9.18 Å². The summed E-state index contributed by atoms with van der Waals surface area (Å²) in [5.74, 6) is 1.14. The Morgan fingerprint density at radius 3 is 2.93 bits per heavy atom. The fourth-order valence-corrected chi connectivity index (χ4v) is 3.18. The Bertz CT molecular complexity index is 673. The van der Waals surface area contributed by atoms with Crippen molar-refractivity contribution in [3.05, 3.63) is 29.0 Å². The number of rotatable bonds is 7. The van der Waals surface area contributed by atoms with Crippen molar-refractivity contribution >= 4 is 40.9 Å². The lowest BCUT2D eigenvalue weighted by molar-refractivity contribution is -0.127. The average Bonchev–Trinajstić information content (AvgIpc) is 3.10. The van der Waals surface area contributed by atoms with E-state index in [1.54, 1.807) is 38.0 Å². The van der Waals surface area contributed by atoms with E-state index in [4.69, 9.17) is 11.6 Å². The molecule has 2 N–H and O–H groups in total. The molecule has 1 saturated heterocycles. The minimum atomic E-state index is -0.410. The van der Waals surface area contributed by atoms with Gasteiger partial charge in [-0.1, -0.05) is 11.6 Å². The molecule has 0 radical (unpaired) electrons. The molecule has 0 aliphatic carbocycles. The highest BCUT2D eigenvalue weighted by atomic mass is 35.5. The Kier molecular flexibility index (Phi) is 8.50. The van der Waals surface area contributed by atoms with Crippen LogP contribution in [-0.4, -0.2) is 75.1 Å². The number of carbonyl (C=O) groups is 1. The second-order valence-electron chi connectivity index (χ2n) is 6.55. The monoisotopic (exact) mass is 415 g/mol. The van der Waals surface area contributed by atoms with Gasteiger partial charge >= 0.3 is 0 Å². The fraction of sp³-hybridized carbons (Fsp3) is 0.556. The van der Waals surface area contributed by atoms with Crippen LogP contribution in [0.1, 0.15) is 6.42 Å². The molecule has 2 rings (SSSR count). The lowest BCUT2D eigenvalue weighted by Crippen LogP contribution is -2.45. The van der Waals surface area contributed by atoms with Crippen LogP contribution in [0.3, 0.4) is 0 Å². The first-order valence-electron chi connectivity index (χ1n) is 8.84. The first kappa shape index (κ1) is 21.6. The summed E-state index contributed by atoms with van der Waals surface area (Å²) in [6, 6.07) is 4.97. The molecule has 1 aromatic carbocycles. The summed E-state index contributed by atoms with van der Waals surface area (Å²) in [6.07, 6.45) is 2.96. The topological polar surface area (TPSA) is 60.0 Å². The van der Waals surface area contributed by atoms with Gasteiger partial charge in [-0.2, -0.15) is 11.8 Å². The summed E-state index contributed by atoms with van der Waals surface area (Å²) in [5, 5.41) is 6.81. The molecule has 6 nitrogen and oxygen atoms in total. The molecule has 27 heavy (non-hydrogen) atoms. The predicted octanol–water partition coefficient (Wildman–Crippen LogP) is 2.04. The molecule has 1 aliphatic rings. The summed E-state index contributed by atoms with van der Waals surface area (Å²) < 4.78 is 13.4. The smallest absolute Gasteiger partial charge is 0.243 e. The predicted molar refractivity (Wildman–Crippen MR) is 113 cm³/mol. The summed E-state index contributed by atoms with van der Waals surface area (Å²) in [6.45, 7) is 2.47. The maximum absolute atomic E-state index is 13.4. The van der Waals surface area contributed by atoms with E-state index in [2.05, 4.69) is 20.5 Å². The number of nitrogens with zero attached hydrogens (tertiary/aromatic N) is 3. The quantitative estimate of drug-likeness (QED) is 0.405. The lowest BCUT2D eigenvalue weighted by atomic mass is 10.2. The number of hydrogen-bond donors (Lipinski definition) is 2. The van der Waals surface area contributed by atoms with Crippen LogP contribution in [-0.2, 0) is 4.79 Å². The van der Waals surface area contributed by atoms with Crippen molar-refractivity contribution in [3.8, 4) is 0 Å². The Morgan fingerprint density at radius 2 is 2.26 bits per heavy atom. The normalized spacial score (nSPS) is 17.1. The zero-order chi connectivity index (χ0) is 19.8. The second kappa shape index (κ2) is 10.6. The maximum Gasteiger partial charge on any atom is 0.243 e. The number of likely N-dealkylation sites (N-methyl/N-ethyl adjacent to an activating group) is 1. The summed E-state index contributed by atoms with van der Waals surface area (Å²) >= 11 is 7.64. The molecule has 150 valence electrons. The standard InChI is InChI=1S/C18H27ClFN5OS/c1-24(2)17(26)11-22-18(21-7-9-27-3)23-13-6-8-25(12-13)14-4-5-16(20)15(19)10-14/h4-5,10,13H,6-9,11-12H2,1-3H3,(H2,21,22,23). The van der Waals surface area contributed by atoms with E-state index in [0.29, 0.717) is 5.96 Å². The minimum Gasteiger partial charge on any atom is -0.369 e. The van der Waals surface area contributed by atoms with Gasteiger partial charge in [0.25, 0.3) is 0 Å². The van der Waals surface area contributed by atoms with Gasteiger partial charge in [0.05, 0.1) is 5.02 Å². The van der Waals surface area contributed by atoms with Crippen molar-refractivity contribution in [2.24, 2.45) is 4.99 Å². The van der Waals surface area contributed by atoms with Gasteiger partial charge in [-0.15, -0.1) is 0 Å². The van der Waals surface area contributed by atoms with Gasteiger partial charge in [0.1, 0.15) is 12.4 Å². The molecule has 1 unspecified atom stereocenters. The van der Waals surface area contributed by atoms with Gasteiger partial charge in [0, 0.05) is 51.2 Å². The van der Waals surface area contributed by atoms with Gasteiger partial charge in [0.15, 0.2) is 5.96 Å². The number of benzene rings is 1. The van der Waals surface area contributed by atoms with Crippen molar-refractivity contribution in [3.63, 3.8) is 0 Å². The average molecular weight is 416 g/mol. The third kappa shape index (κ3) is 6.77. The molecule has 1 aromatic rings. The molecule has 9 heteroatoms. The molecular weight excluding hydrogens is 389 g/mol. The van der Waals surface area contributed by atoms with Crippen molar-refractivity contribution in [1.29, 1.82) is 0 Å². The zero-order valence-electron chi connectivity index (χ0n) is 16.0. The molecule has 0 spiro atoms. The lowest BCUT2D eigenvalue weighted by Gasteiger charge is -2.21. The van der Waals surface area contributed by atoms with Crippen LogP contribution < -0.4 is 15.5 Å². The largest absolute Gasteiger partial charge is 0.369 e. The number of guanidine groups is 1. The van der Waals surface area contributed by atoms with Crippen LogP contribution in [0.2, 0.25) is 5.02 Å². The van der Waals surface area contributed by atoms with E-state index >= 15 is 0 Å². The van der Waals surface area contributed by atoms with Crippen LogP contribution in [0.15, 0.2) is 23.2 Å². The SMILES string of the molecule is CSCCNC(=NCC(=O)N(C)C)NC1CCN(c2ccc(F)c(Cl)c2)C1. The zero-order valence-corrected chi connectivity index (χ0v) is 17.5. The minimum absolute atomic E-state index is 0.0463. The van der Waals surface area contributed by atoms with Crippen molar-refractivity contribution in [2.45, 2.75) is 12.5 Å². The van der Waals surface area contributed by atoms with Gasteiger partial charge in [-0.05, 0) is 30.9 Å². The maximum atomic E-state index is 13.4. The highest BCUT2D eigenvalue weighted by molar-refractivity contribution is 7.98. The first-order valence-corrected chi connectivity index (χ1v) is 10.6. The molecular formula is C18H27ClFN5OS. The summed E-state index contributed by atoms with van der Waals surface area (Å²) in [7, 11) is 3.43. The van der Waals surface area contributed by atoms with Crippen molar-refractivity contribution in [1.82, 2.24) is 15.5 Å². The molecule has 0 bridgehead atoms. The number of thioether (sulfide) groups is 1. The van der Waals surface area contributed by atoms with E-state index in [1.165, 1.54) is 11.0 Å². The summed E-state index contributed by atoms with van der Waals surface area (Å²) in [5.41, 5.74) is 0.905. The molecule has 0 saturated carbocycles. The third-order valence-electron chi connectivity index (χ3n) is 4.27. The number of carbonyl (C=O) groups excluding carboxylic acids is 1. The number of amides is 1. The summed E-state index contributed by atoms with van der Waals surface area (Å²) in [4.78, 5) is 19.9. The van der Waals surface area contributed by atoms with Crippen LogP contribution >= 0.6 is 23.4 Å².